The van der Waals surface area contributed by atoms with Gasteiger partial charge in [0.1, 0.15) is 5.54 Å². The lowest BCUT2D eigenvalue weighted by molar-refractivity contribution is -0.124. The fraction of sp³-hybridized carbons (Fsp3) is 0.529. The smallest absolute Gasteiger partial charge is 0.251 e. The molecule has 1 aromatic carbocycles. The quantitative estimate of drug-likeness (QED) is 0.770. The minimum absolute atomic E-state index is 0. The van der Waals surface area contributed by atoms with Crippen molar-refractivity contribution in [3.63, 3.8) is 0 Å². The lowest BCUT2D eigenvalue weighted by atomic mass is 9.90. The average Bonchev–Trinajstić information content (AvgIpc) is 2.49. The molecule has 2 amide bonds. The summed E-state index contributed by atoms with van der Waals surface area (Å²) in [6, 6.07) is 5.34. The van der Waals surface area contributed by atoms with E-state index in [1.54, 1.807) is 12.1 Å². The highest BCUT2D eigenvalue weighted by Crippen LogP contribution is 2.21. The molecule has 0 saturated carbocycles. The molecule has 1 heterocycles. The number of anilines is 1. The van der Waals surface area contributed by atoms with Gasteiger partial charge in [-0.05, 0) is 51.3 Å². The van der Waals surface area contributed by atoms with Crippen molar-refractivity contribution in [2.24, 2.45) is 5.73 Å². The maximum atomic E-state index is 12.4. The SMILES string of the molecule is Cc1ccc(NC(=O)C2(N)CCOCC2)cc1C(=O)NC(C)C.Cl. The van der Waals surface area contributed by atoms with E-state index in [1.807, 2.05) is 26.8 Å². The normalized spacial score (nSPS) is 16.2. The zero-order valence-electron chi connectivity index (χ0n) is 14.3. The molecule has 0 bridgehead atoms. The van der Waals surface area contributed by atoms with E-state index in [0.29, 0.717) is 37.3 Å². The van der Waals surface area contributed by atoms with Crippen molar-refractivity contribution in [3.8, 4) is 0 Å². The minimum Gasteiger partial charge on any atom is -0.381 e. The molecule has 24 heavy (non-hydrogen) atoms. The van der Waals surface area contributed by atoms with Gasteiger partial charge in [-0.25, -0.2) is 0 Å². The molecule has 134 valence electrons. The number of amides is 2. The molecule has 0 atom stereocenters. The first-order chi connectivity index (χ1) is 10.8. The Hall–Kier alpha value is -1.63. The van der Waals surface area contributed by atoms with Crippen LogP contribution in [0, 0.1) is 6.92 Å². The first kappa shape index (κ1) is 20.4. The molecular weight excluding hydrogens is 330 g/mol. The molecule has 0 radical (unpaired) electrons. The van der Waals surface area contributed by atoms with Gasteiger partial charge in [-0.2, -0.15) is 0 Å². The van der Waals surface area contributed by atoms with Crippen molar-refractivity contribution in [1.29, 1.82) is 0 Å². The van der Waals surface area contributed by atoms with Crippen LogP contribution in [0.2, 0.25) is 0 Å². The number of carbonyl (C=O) groups is 2. The molecule has 6 nitrogen and oxygen atoms in total. The largest absolute Gasteiger partial charge is 0.381 e. The van der Waals surface area contributed by atoms with Gasteiger partial charge >= 0.3 is 0 Å². The molecule has 0 aliphatic carbocycles. The van der Waals surface area contributed by atoms with Crippen LogP contribution in [0.5, 0.6) is 0 Å². The molecular formula is C17H26ClN3O3. The zero-order chi connectivity index (χ0) is 17.0. The maximum Gasteiger partial charge on any atom is 0.251 e. The number of nitrogens with one attached hydrogen (secondary N) is 2. The van der Waals surface area contributed by atoms with E-state index in [-0.39, 0.29) is 30.3 Å². The summed E-state index contributed by atoms with van der Waals surface area (Å²) in [6.45, 7) is 6.65. The highest BCUT2D eigenvalue weighted by molar-refractivity contribution is 6.01. The second kappa shape index (κ2) is 8.46. The van der Waals surface area contributed by atoms with E-state index < -0.39 is 5.54 Å². The molecule has 1 aliphatic heterocycles. The third-order valence-electron chi connectivity index (χ3n) is 4.00. The van der Waals surface area contributed by atoms with Crippen LogP contribution >= 0.6 is 12.4 Å². The number of benzene rings is 1. The van der Waals surface area contributed by atoms with Gasteiger partial charge in [0.25, 0.3) is 5.91 Å². The van der Waals surface area contributed by atoms with E-state index >= 15 is 0 Å². The van der Waals surface area contributed by atoms with Crippen molar-refractivity contribution in [1.82, 2.24) is 5.32 Å². The molecule has 1 fully saturated rings. The Morgan fingerprint density at radius 2 is 1.88 bits per heavy atom. The number of aryl methyl sites for hydroxylation is 1. The summed E-state index contributed by atoms with van der Waals surface area (Å²) in [4.78, 5) is 24.7. The van der Waals surface area contributed by atoms with Crippen molar-refractivity contribution in [2.75, 3.05) is 18.5 Å². The Bertz CT molecular complexity index is 599. The van der Waals surface area contributed by atoms with Gasteiger partial charge in [-0.1, -0.05) is 6.07 Å². The van der Waals surface area contributed by atoms with Gasteiger partial charge in [0, 0.05) is 30.5 Å². The number of halogens is 1. The molecule has 4 N–H and O–H groups in total. The van der Waals surface area contributed by atoms with Crippen LogP contribution in [-0.4, -0.2) is 36.6 Å². The lowest BCUT2D eigenvalue weighted by Crippen LogP contribution is -2.54. The molecule has 1 saturated heterocycles. The number of carbonyl (C=O) groups excluding carboxylic acids is 2. The van der Waals surface area contributed by atoms with Crippen LogP contribution in [0.1, 0.15) is 42.6 Å². The van der Waals surface area contributed by atoms with Gasteiger partial charge < -0.3 is 21.1 Å². The molecule has 1 aliphatic rings. The first-order valence-corrected chi connectivity index (χ1v) is 7.91. The van der Waals surface area contributed by atoms with E-state index in [4.69, 9.17) is 10.5 Å². The Labute approximate surface area is 148 Å². The van der Waals surface area contributed by atoms with Gasteiger partial charge in [-0.3, -0.25) is 9.59 Å². The summed E-state index contributed by atoms with van der Waals surface area (Å²) < 4.78 is 5.26. The predicted octanol–water partition coefficient (Wildman–Crippen LogP) is 2.00. The maximum absolute atomic E-state index is 12.4. The number of rotatable bonds is 4. The van der Waals surface area contributed by atoms with Crippen LogP contribution in [0.3, 0.4) is 0 Å². The van der Waals surface area contributed by atoms with Gasteiger partial charge in [0.05, 0.1) is 0 Å². The van der Waals surface area contributed by atoms with E-state index in [2.05, 4.69) is 10.6 Å². The third-order valence-corrected chi connectivity index (χ3v) is 4.00. The van der Waals surface area contributed by atoms with Gasteiger partial charge in [0.2, 0.25) is 5.91 Å². The van der Waals surface area contributed by atoms with E-state index in [0.717, 1.165) is 5.56 Å². The van der Waals surface area contributed by atoms with Crippen molar-refractivity contribution < 1.29 is 14.3 Å². The van der Waals surface area contributed by atoms with Gasteiger partial charge in [0.15, 0.2) is 0 Å². The topological polar surface area (TPSA) is 93.5 Å². The summed E-state index contributed by atoms with van der Waals surface area (Å²) in [6.07, 6.45) is 0.983. The molecule has 2 rings (SSSR count). The molecule has 7 heteroatoms. The van der Waals surface area contributed by atoms with E-state index in [9.17, 15) is 9.59 Å². The molecule has 0 unspecified atom stereocenters. The first-order valence-electron chi connectivity index (χ1n) is 7.91. The molecule has 0 spiro atoms. The van der Waals surface area contributed by atoms with Crippen LogP contribution in [0.15, 0.2) is 18.2 Å². The Balaban J connectivity index is 0.00000288. The standard InChI is InChI=1S/C17H25N3O3.ClH/c1-11(2)19-15(21)14-10-13(5-4-12(14)3)20-16(22)17(18)6-8-23-9-7-17;/h4-5,10-11H,6-9,18H2,1-3H3,(H,19,21)(H,20,22);1H. The predicted molar refractivity (Wildman–Crippen MR) is 96.6 cm³/mol. The summed E-state index contributed by atoms with van der Waals surface area (Å²) in [5.74, 6) is -0.387. The van der Waals surface area contributed by atoms with Crippen LogP contribution in [0.4, 0.5) is 5.69 Å². The van der Waals surface area contributed by atoms with Crippen molar-refractivity contribution in [3.05, 3.63) is 29.3 Å². The average molecular weight is 356 g/mol. The molecule has 0 aromatic heterocycles. The van der Waals surface area contributed by atoms with Gasteiger partial charge in [-0.15, -0.1) is 12.4 Å². The number of nitrogens with two attached hydrogens (primary N) is 1. The summed E-state index contributed by atoms with van der Waals surface area (Å²) in [7, 11) is 0. The van der Waals surface area contributed by atoms with Crippen LogP contribution in [-0.2, 0) is 9.53 Å². The number of hydrogen-bond acceptors (Lipinski definition) is 4. The zero-order valence-corrected chi connectivity index (χ0v) is 15.2. The van der Waals surface area contributed by atoms with Crippen molar-refractivity contribution >= 4 is 29.9 Å². The van der Waals surface area contributed by atoms with Crippen LogP contribution in [0.25, 0.3) is 0 Å². The summed E-state index contributed by atoms with van der Waals surface area (Å²) >= 11 is 0. The second-order valence-corrected chi connectivity index (χ2v) is 6.38. The highest BCUT2D eigenvalue weighted by atomic mass is 35.5. The highest BCUT2D eigenvalue weighted by Gasteiger charge is 2.36. The Morgan fingerprint density at radius 1 is 1.25 bits per heavy atom. The summed E-state index contributed by atoms with van der Waals surface area (Å²) in [5, 5.41) is 5.69. The van der Waals surface area contributed by atoms with E-state index in [1.165, 1.54) is 0 Å². The molecule has 1 aromatic rings. The monoisotopic (exact) mass is 355 g/mol. The van der Waals surface area contributed by atoms with Crippen LogP contribution < -0.4 is 16.4 Å². The third kappa shape index (κ3) is 4.93. The number of hydrogen-bond donors (Lipinski definition) is 3. The minimum atomic E-state index is -0.913. The van der Waals surface area contributed by atoms with Crippen molar-refractivity contribution in [2.45, 2.75) is 45.2 Å². The second-order valence-electron chi connectivity index (χ2n) is 6.38. The summed E-state index contributed by atoms with van der Waals surface area (Å²) in [5.41, 5.74) is 7.24. The Kier molecular flexibility index (Phi) is 7.20. The Morgan fingerprint density at radius 3 is 2.46 bits per heavy atom. The fourth-order valence-corrected chi connectivity index (χ4v) is 2.50. The number of ether oxygens (including phenoxy) is 1. The fourth-order valence-electron chi connectivity index (χ4n) is 2.50. The lowest BCUT2D eigenvalue weighted by Gasteiger charge is -2.31.